The van der Waals surface area contributed by atoms with Gasteiger partial charge >= 0.3 is 0 Å². The van der Waals surface area contributed by atoms with E-state index in [9.17, 15) is 0 Å². The Bertz CT molecular complexity index is 1860. The molecule has 6 aromatic carbocycles. The van der Waals surface area contributed by atoms with Crippen molar-refractivity contribution in [2.45, 2.75) is 26.3 Å². The van der Waals surface area contributed by atoms with Crippen LogP contribution in [0.25, 0.3) is 32.7 Å². The number of hydrogen-bond acceptors (Lipinski definition) is 2. The zero-order valence-electron chi connectivity index (χ0n) is 24.1. The number of hydrogen-bond donors (Lipinski definition) is 0. The first-order valence-electron chi connectivity index (χ1n) is 14.8. The Morgan fingerprint density at radius 1 is 0.643 bits per heavy atom. The molecule has 0 aromatic heterocycles. The Labute approximate surface area is 249 Å². The third-order valence-electron chi connectivity index (χ3n) is 8.04. The Hall–Kier alpha value is -4.26. The molecule has 6 aromatic rings. The highest BCUT2D eigenvalue weighted by Crippen LogP contribution is 2.44. The van der Waals surface area contributed by atoms with Gasteiger partial charge in [-0.05, 0) is 69.3 Å². The lowest BCUT2D eigenvalue weighted by molar-refractivity contribution is 0.301. The third-order valence-corrected chi connectivity index (χ3v) is 10.5. The molecule has 0 fully saturated rings. The van der Waals surface area contributed by atoms with Gasteiger partial charge in [0.1, 0.15) is 6.61 Å². The van der Waals surface area contributed by atoms with E-state index in [1.807, 2.05) is 0 Å². The normalized spacial score (nSPS) is 15.0. The van der Waals surface area contributed by atoms with Crippen molar-refractivity contribution in [1.29, 1.82) is 0 Å². The number of aliphatic imine (C=N–C) groups is 1. The minimum Gasteiger partial charge on any atom is -0.475 e. The van der Waals surface area contributed by atoms with Crippen molar-refractivity contribution in [2.75, 3.05) is 6.61 Å². The van der Waals surface area contributed by atoms with Crippen molar-refractivity contribution in [2.24, 2.45) is 10.9 Å². The van der Waals surface area contributed by atoms with Gasteiger partial charge in [-0.2, -0.15) is 0 Å². The van der Waals surface area contributed by atoms with Crippen LogP contribution < -0.4 is 15.9 Å². The number of benzene rings is 6. The summed E-state index contributed by atoms with van der Waals surface area (Å²) in [5, 5.41) is 8.95. The predicted molar refractivity (Wildman–Crippen MR) is 181 cm³/mol. The van der Waals surface area contributed by atoms with Gasteiger partial charge in [0.15, 0.2) is 0 Å². The highest BCUT2D eigenvalue weighted by Gasteiger charge is 2.28. The minimum atomic E-state index is -0.845. The SMILES string of the molecule is CC(C)C[C@@H]1COC(c2ccc3ccccc3c2-c2c(P(c3ccccc3)c3ccccc3)ccc3ccccc23)=N1. The molecule has 2 nitrogen and oxygen atoms in total. The Balaban J connectivity index is 1.57. The lowest BCUT2D eigenvalue weighted by Gasteiger charge is -2.25. The predicted octanol–water partition coefficient (Wildman–Crippen LogP) is 8.61. The van der Waals surface area contributed by atoms with E-state index in [4.69, 9.17) is 9.73 Å². The van der Waals surface area contributed by atoms with Crippen molar-refractivity contribution < 1.29 is 4.74 Å². The van der Waals surface area contributed by atoms with Crippen LogP contribution in [0.1, 0.15) is 25.8 Å². The van der Waals surface area contributed by atoms with Gasteiger partial charge in [-0.25, -0.2) is 4.99 Å². The van der Waals surface area contributed by atoms with Crippen LogP contribution in [0.4, 0.5) is 0 Å². The van der Waals surface area contributed by atoms with Gasteiger partial charge in [0, 0.05) is 11.1 Å². The molecular weight excluding hydrogens is 529 g/mol. The molecule has 0 radical (unpaired) electrons. The van der Waals surface area contributed by atoms with Gasteiger partial charge in [0.05, 0.1) is 6.04 Å². The van der Waals surface area contributed by atoms with E-state index >= 15 is 0 Å². The van der Waals surface area contributed by atoms with Gasteiger partial charge < -0.3 is 4.74 Å². The van der Waals surface area contributed by atoms with E-state index in [0.717, 1.165) is 17.9 Å². The Morgan fingerprint density at radius 3 is 1.81 bits per heavy atom. The van der Waals surface area contributed by atoms with Gasteiger partial charge in [0.25, 0.3) is 0 Å². The molecule has 1 heterocycles. The van der Waals surface area contributed by atoms with Crippen LogP contribution in [-0.2, 0) is 4.74 Å². The number of ether oxygens (including phenoxy) is 1. The van der Waals surface area contributed by atoms with Crippen LogP contribution in [0, 0.1) is 5.92 Å². The Morgan fingerprint density at radius 2 is 1.19 bits per heavy atom. The first-order valence-corrected chi connectivity index (χ1v) is 16.2. The van der Waals surface area contributed by atoms with Gasteiger partial charge in [0.2, 0.25) is 5.90 Å². The average Bonchev–Trinajstić information content (AvgIpc) is 3.49. The molecular formula is C39H34NOP. The van der Waals surface area contributed by atoms with Crippen LogP contribution in [0.15, 0.2) is 138 Å². The average molecular weight is 564 g/mol. The molecule has 1 aliphatic heterocycles. The molecule has 0 spiro atoms. The zero-order valence-corrected chi connectivity index (χ0v) is 25.0. The molecule has 42 heavy (non-hydrogen) atoms. The molecule has 0 saturated heterocycles. The number of rotatable bonds is 7. The van der Waals surface area contributed by atoms with E-state index in [1.54, 1.807) is 0 Å². The van der Waals surface area contributed by atoms with Crippen molar-refractivity contribution >= 4 is 51.3 Å². The quantitative estimate of drug-likeness (QED) is 0.178. The molecule has 7 rings (SSSR count). The molecule has 3 heteroatoms. The van der Waals surface area contributed by atoms with Crippen LogP contribution in [0.5, 0.6) is 0 Å². The summed E-state index contributed by atoms with van der Waals surface area (Å²) in [6.07, 6.45) is 1.03. The molecule has 1 aliphatic rings. The monoisotopic (exact) mass is 563 g/mol. The molecule has 0 aliphatic carbocycles. The lowest BCUT2D eigenvalue weighted by atomic mass is 9.90. The topological polar surface area (TPSA) is 21.6 Å². The maximum absolute atomic E-state index is 6.40. The van der Waals surface area contributed by atoms with Crippen molar-refractivity contribution in [3.63, 3.8) is 0 Å². The smallest absolute Gasteiger partial charge is 0.217 e. The summed E-state index contributed by atoms with van der Waals surface area (Å²) in [6.45, 7) is 5.16. The molecule has 206 valence electrons. The molecule has 0 saturated carbocycles. The van der Waals surface area contributed by atoms with Crippen LogP contribution in [0.3, 0.4) is 0 Å². The van der Waals surface area contributed by atoms with E-state index in [2.05, 4.69) is 147 Å². The second-order valence-corrected chi connectivity index (χ2v) is 13.6. The number of nitrogens with zero attached hydrogens (tertiary/aromatic N) is 1. The molecule has 0 unspecified atom stereocenters. The first kappa shape index (κ1) is 26.6. The fourth-order valence-electron chi connectivity index (χ4n) is 6.24. The van der Waals surface area contributed by atoms with Crippen LogP contribution in [-0.4, -0.2) is 18.5 Å². The van der Waals surface area contributed by atoms with E-state index < -0.39 is 7.92 Å². The third kappa shape index (κ3) is 5.02. The zero-order chi connectivity index (χ0) is 28.5. The summed E-state index contributed by atoms with van der Waals surface area (Å²) in [7, 11) is -0.845. The van der Waals surface area contributed by atoms with E-state index in [0.29, 0.717) is 12.5 Å². The second kappa shape index (κ2) is 11.6. The molecule has 1 atom stereocenters. The standard InChI is InChI=1S/C39H34NOP/c1-27(2)25-30-26-41-39(40-30)35-23-21-28-13-9-11-19-33(28)37(35)38-34-20-12-10-14-29(34)22-24-36(38)42(31-15-5-3-6-16-31)32-17-7-4-8-18-32/h3-24,27,30H,25-26H2,1-2H3/t30-/m1/s1. The summed E-state index contributed by atoms with van der Waals surface area (Å²) < 4.78 is 6.40. The van der Waals surface area contributed by atoms with Gasteiger partial charge in [-0.15, -0.1) is 0 Å². The van der Waals surface area contributed by atoms with Crippen LogP contribution >= 0.6 is 7.92 Å². The van der Waals surface area contributed by atoms with E-state index in [-0.39, 0.29) is 6.04 Å². The first-order chi connectivity index (χ1) is 20.7. The fourth-order valence-corrected chi connectivity index (χ4v) is 8.71. The molecule has 0 bridgehead atoms. The molecule has 0 N–H and O–H groups in total. The van der Waals surface area contributed by atoms with Gasteiger partial charge in [-0.3, -0.25) is 0 Å². The summed E-state index contributed by atoms with van der Waals surface area (Å²) in [5.41, 5.74) is 3.56. The van der Waals surface area contributed by atoms with Gasteiger partial charge in [-0.1, -0.05) is 141 Å². The minimum absolute atomic E-state index is 0.192. The summed E-state index contributed by atoms with van der Waals surface area (Å²) in [5.74, 6) is 1.34. The molecule has 0 amide bonds. The van der Waals surface area contributed by atoms with Crippen molar-refractivity contribution in [3.05, 3.63) is 139 Å². The van der Waals surface area contributed by atoms with E-state index in [1.165, 1.54) is 48.6 Å². The van der Waals surface area contributed by atoms with Crippen LogP contribution in [0.2, 0.25) is 0 Å². The fraction of sp³-hybridized carbons (Fsp3) is 0.154. The summed E-state index contributed by atoms with van der Waals surface area (Å²) in [6, 6.07) is 48.8. The summed E-state index contributed by atoms with van der Waals surface area (Å²) in [4.78, 5) is 5.16. The number of fused-ring (bicyclic) bond motifs is 2. The van der Waals surface area contributed by atoms with Crippen molar-refractivity contribution in [1.82, 2.24) is 0 Å². The maximum Gasteiger partial charge on any atom is 0.217 e. The van der Waals surface area contributed by atoms with Crippen molar-refractivity contribution in [3.8, 4) is 11.1 Å². The Kier molecular flexibility index (Phi) is 7.32. The maximum atomic E-state index is 6.40. The largest absolute Gasteiger partial charge is 0.475 e. The second-order valence-electron chi connectivity index (χ2n) is 11.4. The highest BCUT2D eigenvalue weighted by atomic mass is 31.1. The highest BCUT2D eigenvalue weighted by molar-refractivity contribution is 7.80. The lowest BCUT2D eigenvalue weighted by Crippen LogP contribution is -2.23. The summed E-state index contributed by atoms with van der Waals surface area (Å²) >= 11 is 0.